The van der Waals surface area contributed by atoms with Gasteiger partial charge in [-0.15, -0.1) is 0 Å². The normalized spacial score (nSPS) is 11.8. The lowest BCUT2D eigenvalue weighted by Crippen LogP contribution is -2.10. The first-order chi connectivity index (χ1) is 13.2. The molecule has 0 bridgehead atoms. The first-order valence-electron chi connectivity index (χ1n) is 8.59. The number of nitrogens with zero attached hydrogens (tertiary/aromatic N) is 1. The third-order valence-corrected chi connectivity index (χ3v) is 3.71. The predicted octanol–water partition coefficient (Wildman–Crippen LogP) is 5.79. The highest BCUT2D eigenvalue weighted by Gasteiger charge is 2.08. The van der Waals surface area contributed by atoms with Crippen LogP contribution >= 0.6 is 0 Å². The summed E-state index contributed by atoms with van der Waals surface area (Å²) in [6.07, 6.45) is 1.64. The molecule has 0 aliphatic carbocycles. The maximum absolute atomic E-state index is 6.01. The summed E-state index contributed by atoms with van der Waals surface area (Å²) in [7, 11) is 1.63. The molecule has 0 N–H and O–H groups in total. The minimum atomic E-state index is 0.460. The molecule has 3 aromatic rings. The quantitative estimate of drug-likeness (QED) is 0.318. The smallest absolute Gasteiger partial charge is 0.225 e. The third-order valence-electron chi connectivity index (χ3n) is 3.71. The van der Waals surface area contributed by atoms with Crippen molar-refractivity contribution in [1.29, 1.82) is 0 Å². The summed E-state index contributed by atoms with van der Waals surface area (Å²) in [5.74, 6) is 2.64. The van der Waals surface area contributed by atoms with Crippen LogP contribution in [-0.2, 0) is 0 Å². The van der Waals surface area contributed by atoms with Gasteiger partial charge in [-0.3, -0.25) is 0 Å². The molecule has 3 aromatic carbocycles. The second-order valence-electron chi connectivity index (χ2n) is 5.76. The second kappa shape index (κ2) is 9.25. The van der Waals surface area contributed by atoms with E-state index in [1.807, 2.05) is 91.9 Å². The van der Waals surface area contributed by atoms with Gasteiger partial charge in [0.15, 0.2) is 0 Å². The van der Waals surface area contributed by atoms with Crippen LogP contribution in [0.4, 0.5) is 5.69 Å². The molecule has 0 atom stereocenters. The number of ether oxygens (including phenoxy) is 3. The summed E-state index contributed by atoms with van der Waals surface area (Å²) in [4.78, 5) is 4.62. The molecule has 0 fully saturated rings. The molecule has 27 heavy (non-hydrogen) atoms. The predicted molar refractivity (Wildman–Crippen MR) is 108 cm³/mol. The zero-order chi connectivity index (χ0) is 18.9. The zero-order valence-corrected chi connectivity index (χ0v) is 15.3. The molecule has 0 amide bonds. The van der Waals surface area contributed by atoms with Crippen molar-refractivity contribution in [3.63, 3.8) is 0 Å². The molecule has 0 saturated heterocycles. The first-order valence-corrected chi connectivity index (χ1v) is 8.59. The molecular weight excluding hydrogens is 338 g/mol. The number of methoxy groups -OCH3 is 1. The van der Waals surface area contributed by atoms with Crippen LogP contribution in [0.2, 0.25) is 0 Å². The Morgan fingerprint density at radius 3 is 1.96 bits per heavy atom. The summed E-state index contributed by atoms with van der Waals surface area (Å²) in [5.41, 5.74) is 1.56. The Kier molecular flexibility index (Phi) is 6.26. The highest BCUT2D eigenvalue weighted by atomic mass is 16.5. The highest BCUT2D eigenvalue weighted by molar-refractivity contribution is 5.96. The first kappa shape index (κ1) is 18.3. The van der Waals surface area contributed by atoms with Crippen molar-refractivity contribution < 1.29 is 14.2 Å². The number of hydrogen-bond donors (Lipinski definition) is 0. The van der Waals surface area contributed by atoms with Crippen LogP contribution in [-0.4, -0.2) is 13.0 Å². The lowest BCUT2D eigenvalue weighted by Gasteiger charge is -2.11. The van der Waals surface area contributed by atoms with Gasteiger partial charge < -0.3 is 14.2 Å². The van der Waals surface area contributed by atoms with Crippen LogP contribution in [0.3, 0.4) is 0 Å². The van der Waals surface area contributed by atoms with Crippen LogP contribution in [0, 0.1) is 0 Å². The molecule has 0 aliphatic rings. The van der Waals surface area contributed by atoms with Crippen LogP contribution in [0.15, 0.2) is 102 Å². The zero-order valence-electron chi connectivity index (χ0n) is 15.3. The number of rotatable bonds is 6. The Balaban J connectivity index is 1.85. The van der Waals surface area contributed by atoms with Gasteiger partial charge >= 0.3 is 0 Å². The van der Waals surface area contributed by atoms with Gasteiger partial charge in [0.25, 0.3) is 0 Å². The molecule has 136 valence electrons. The molecule has 0 spiro atoms. The second-order valence-corrected chi connectivity index (χ2v) is 5.76. The highest BCUT2D eigenvalue weighted by Crippen LogP contribution is 2.21. The van der Waals surface area contributed by atoms with Gasteiger partial charge in [-0.05, 0) is 55.5 Å². The molecule has 0 unspecified atom stereocenters. The minimum Gasteiger partial charge on any atom is -0.497 e. The van der Waals surface area contributed by atoms with E-state index in [0.29, 0.717) is 11.6 Å². The van der Waals surface area contributed by atoms with Gasteiger partial charge in [0.05, 0.1) is 19.1 Å². The van der Waals surface area contributed by atoms with Crippen molar-refractivity contribution in [1.82, 2.24) is 0 Å². The standard InChI is InChI=1S/C23H21NO3/c1-18(17-26-21-11-7-4-8-12-21)23(24-19-9-5-3-6-10-19)27-22-15-13-20(25-2)14-16-22/h3-17H,1-2H3/b18-17+,24-23-. The minimum absolute atomic E-state index is 0.460. The van der Waals surface area contributed by atoms with E-state index < -0.39 is 0 Å². The van der Waals surface area contributed by atoms with E-state index in [1.165, 1.54) is 0 Å². The fraction of sp³-hybridized carbons (Fsp3) is 0.0870. The van der Waals surface area contributed by atoms with Gasteiger partial charge in [0.2, 0.25) is 5.90 Å². The Morgan fingerprint density at radius 2 is 1.33 bits per heavy atom. The van der Waals surface area contributed by atoms with E-state index >= 15 is 0 Å². The maximum atomic E-state index is 6.01. The molecule has 0 aliphatic heterocycles. The molecule has 0 aromatic heterocycles. The molecule has 0 saturated carbocycles. The number of para-hydroxylation sites is 2. The van der Waals surface area contributed by atoms with Gasteiger partial charge in [-0.1, -0.05) is 36.4 Å². The lowest BCUT2D eigenvalue weighted by atomic mass is 10.3. The van der Waals surface area contributed by atoms with E-state index in [9.17, 15) is 0 Å². The molecule has 0 heterocycles. The van der Waals surface area contributed by atoms with Gasteiger partial charge in [0.1, 0.15) is 17.2 Å². The average molecular weight is 359 g/mol. The summed E-state index contributed by atoms with van der Waals surface area (Å²) in [6.45, 7) is 1.90. The van der Waals surface area contributed by atoms with Crippen molar-refractivity contribution in [3.8, 4) is 17.2 Å². The van der Waals surface area contributed by atoms with E-state index in [0.717, 1.165) is 22.8 Å². The van der Waals surface area contributed by atoms with Crippen LogP contribution in [0.25, 0.3) is 0 Å². The van der Waals surface area contributed by atoms with E-state index in [-0.39, 0.29) is 0 Å². The van der Waals surface area contributed by atoms with Crippen molar-refractivity contribution in [3.05, 3.63) is 96.8 Å². The largest absolute Gasteiger partial charge is 0.497 e. The van der Waals surface area contributed by atoms with Crippen molar-refractivity contribution in [2.45, 2.75) is 6.92 Å². The fourth-order valence-corrected chi connectivity index (χ4v) is 2.27. The Morgan fingerprint density at radius 1 is 0.741 bits per heavy atom. The topological polar surface area (TPSA) is 40.0 Å². The Labute approximate surface area is 159 Å². The van der Waals surface area contributed by atoms with Crippen LogP contribution in [0.1, 0.15) is 6.92 Å². The van der Waals surface area contributed by atoms with Crippen molar-refractivity contribution in [2.24, 2.45) is 4.99 Å². The summed E-state index contributed by atoms with van der Waals surface area (Å²) in [5, 5.41) is 0. The fourth-order valence-electron chi connectivity index (χ4n) is 2.27. The van der Waals surface area contributed by atoms with Crippen molar-refractivity contribution in [2.75, 3.05) is 7.11 Å². The van der Waals surface area contributed by atoms with Crippen molar-refractivity contribution >= 4 is 11.6 Å². The van der Waals surface area contributed by atoms with Gasteiger partial charge in [-0.25, -0.2) is 4.99 Å². The molecular formula is C23H21NO3. The van der Waals surface area contributed by atoms with E-state index in [4.69, 9.17) is 14.2 Å². The van der Waals surface area contributed by atoms with E-state index in [1.54, 1.807) is 13.4 Å². The Hall–Kier alpha value is -3.53. The SMILES string of the molecule is COc1ccc(OC(=N\c2ccccc2)/C(C)=C/Oc2ccccc2)cc1. The number of aliphatic imine (C=N–C) groups is 1. The number of benzene rings is 3. The molecule has 0 radical (unpaired) electrons. The molecule has 4 heteroatoms. The summed E-state index contributed by atoms with van der Waals surface area (Å²) in [6, 6.07) is 26.6. The molecule has 4 nitrogen and oxygen atoms in total. The Bertz CT molecular complexity index is 901. The number of hydrogen-bond acceptors (Lipinski definition) is 4. The van der Waals surface area contributed by atoms with Crippen LogP contribution in [0.5, 0.6) is 17.2 Å². The lowest BCUT2D eigenvalue weighted by molar-refractivity contribution is 0.414. The maximum Gasteiger partial charge on any atom is 0.225 e. The van der Waals surface area contributed by atoms with Gasteiger partial charge in [-0.2, -0.15) is 0 Å². The monoisotopic (exact) mass is 359 g/mol. The summed E-state index contributed by atoms with van der Waals surface area (Å²) < 4.78 is 16.9. The van der Waals surface area contributed by atoms with Gasteiger partial charge in [0, 0.05) is 5.57 Å². The van der Waals surface area contributed by atoms with E-state index in [2.05, 4.69) is 4.99 Å². The molecule has 3 rings (SSSR count). The van der Waals surface area contributed by atoms with Crippen LogP contribution < -0.4 is 14.2 Å². The average Bonchev–Trinajstić information content (AvgIpc) is 2.73. The third kappa shape index (κ3) is 5.47. The summed E-state index contributed by atoms with van der Waals surface area (Å²) >= 11 is 0.